The molecule has 1 rings (SSSR count). The van der Waals surface area contributed by atoms with E-state index in [1.807, 2.05) is 4.68 Å². The second-order valence-corrected chi connectivity index (χ2v) is 5.40. The fourth-order valence-corrected chi connectivity index (χ4v) is 1.35. The van der Waals surface area contributed by atoms with Crippen LogP contribution in [0.1, 0.15) is 33.0 Å². The highest BCUT2D eigenvalue weighted by molar-refractivity contribution is 4.81. The van der Waals surface area contributed by atoms with E-state index in [9.17, 15) is 0 Å². The van der Waals surface area contributed by atoms with Gasteiger partial charge in [-0.1, -0.05) is 20.8 Å². The van der Waals surface area contributed by atoms with E-state index in [-0.39, 0.29) is 0 Å². The molecule has 5 nitrogen and oxygen atoms in total. The van der Waals surface area contributed by atoms with Crippen molar-refractivity contribution in [2.75, 3.05) is 20.3 Å². The molecule has 0 fully saturated rings. The van der Waals surface area contributed by atoms with Crippen molar-refractivity contribution in [2.45, 2.75) is 40.3 Å². The summed E-state index contributed by atoms with van der Waals surface area (Å²) in [5, 5.41) is 7.64. The molecule has 0 radical (unpaired) electrons. The molecular weight excluding hydrogens is 216 g/mol. The quantitative estimate of drug-likeness (QED) is 0.733. The van der Waals surface area contributed by atoms with Gasteiger partial charge in [0, 0.05) is 20.2 Å². The first-order valence-electron chi connectivity index (χ1n) is 6.09. The Morgan fingerprint density at radius 2 is 2.18 bits per heavy atom. The number of aromatic nitrogens is 3. The van der Waals surface area contributed by atoms with Gasteiger partial charge in [-0.3, -0.25) is 4.68 Å². The van der Waals surface area contributed by atoms with Gasteiger partial charge in [0.2, 0.25) is 0 Å². The van der Waals surface area contributed by atoms with E-state index in [1.54, 1.807) is 13.4 Å². The van der Waals surface area contributed by atoms with E-state index in [2.05, 4.69) is 36.2 Å². The smallest absolute Gasteiger partial charge is 0.164 e. The number of methoxy groups -OCH3 is 1. The van der Waals surface area contributed by atoms with Crippen molar-refractivity contribution in [3.8, 4) is 0 Å². The second-order valence-electron chi connectivity index (χ2n) is 5.40. The summed E-state index contributed by atoms with van der Waals surface area (Å²) in [6.45, 7) is 9.86. The van der Waals surface area contributed by atoms with Gasteiger partial charge in [0.25, 0.3) is 0 Å². The van der Waals surface area contributed by atoms with Crippen molar-refractivity contribution in [1.82, 2.24) is 20.1 Å². The number of nitrogens with one attached hydrogen (secondary N) is 1. The molecule has 0 unspecified atom stereocenters. The summed E-state index contributed by atoms with van der Waals surface area (Å²) < 4.78 is 6.87. The third kappa shape index (κ3) is 6.38. The van der Waals surface area contributed by atoms with Crippen molar-refractivity contribution in [1.29, 1.82) is 0 Å². The Balaban J connectivity index is 2.28. The fraction of sp³-hybridized carbons (Fsp3) is 0.833. The SMILES string of the molecule is COCCNCc1ncn(CCC(C)(C)C)n1. The normalized spacial score (nSPS) is 12.0. The maximum Gasteiger partial charge on any atom is 0.164 e. The van der Waals surface area contributed by atoms with Crippen LogP contribution < -0.4 is 5.32 Å². The van der Waals surface area contributed by atoms with Crippen molar-refractivity contribution in [3.05, 3.63) is 12.2 Å². The lowest BCUT2D eigenvalue weighted by molar-refractivity contribution is 0.199. The Morgan fingerprint density at radius 3 is 2.82 bits per heavy atom. The lowest BCUT2D eigenvalue weighted by atomic mass is 9.92. The summed E-state index contributed by atoms with van der Waals surface area (Å²) in [7, 11) is 1.70. The molecule has 98 valence electrons. The summed E-state index contributed by atoms with van der Waals surface area (Å²) in [5.41, 5.74) is 0.336. The first-order valence-corrected chi connectivity index (χ1v) is 6.09. The second kappa shape index (κ2) is 6.71. The molecule has 0 saturated carbocycles. The topological polar surface area (TPSA) is 52.0 Å². The number of ether oxygens (including phenoxy) is 1. The predicted octanol–water partition coefficient (Wildman–Crippen LogP) is 1.45. The van der Waals surface area contributed by atoms with Crippen LogP contribution in [0.4, 0.5) is 0 Å². The average molecular weight is 240 g/mol. The lowest BCUT2D eigenvalue weighted by Gasteiger charge is -2.17. The van der Waals surface area contributed by atoms with Crippen molar-refractivity contribution in [3.63, 3.8) is 0 Å². The summed E-state index contributed by atoms with van der Waals surface area (Å²) in [6.07, 6.45) is 2.91. The first-order chi connectivity index (χ1) is 8.01. The van der Waals surface area contributed by atoms with Crippen LogP contribution in [0, 0.1) is 5.41 Å². The van der Waals surface area contributed by atoms with Crippen LogP contribution in [0.3, 0.4) is 0 Å². The van der Waals surface area contributed by atoms with E-state index >= 15 is 0 Å². The third-order valence-corrected chi connectivity index (χ3v) is 2.44. The molecule has 0 aliphatic rings. The summed E-state index contributed by atoms with van der Waals surface area (Å²) in [6, 6.07) is 0. The van der Waals surface area contributed by atoms with Gasteiger partial charge >= 0.3 is 0 Å². The van der Waals surface area contributed by atoms with Crippen molar-refractivity contribution < 1.29 is 4.74 Å². The zero-order valence-corrected chi connectivity index (χ0v) is 11.4. The molecular formula is C12H24N4O. The van der Waals surface area contributed by atoms with E-state index in [0.29, 0.717) is 18.6 Å². The standard InChI is InChI=1S/C12H24N4O/c1-12(2,3)5-7-16-10-14-11(15-16)9-13-6-8-17-4/h10,13H,5-9H2,1-4H3. The zero-order valence-electron chi connectivity index (χ0n) is 11.4. The van der Waals surface area contributed by atoms with Crippen LogP contribution in [-0.4, -0.2) is 35.0 Å². The Hall–Kier alpha value is -0.940. The van der Waals surface area contributed by atoms with E-state index in [1.165, 1.54) is 0 Å². The maximum atomic E-state index is 4.95. The molecule has 0 aliphatic carbocycles. The summed E-state index contributed by atoms with van der Waals surface area (Å²) >= 11 is 0. The average Bonchev–Trinajstić information content (AvgIpc) is 2.69. The molecule has 0 bridgehead atoms. The fourth-order valence-electron chi connectivity index (χ4n) is 1.35. The minimum absolute atomic E-state index is 0.336. The molecule has 0 aromatic carbocycles. The van der Waals surface area contributed by atoms with Crippen LogP contribution in [0.2, 0.25) is 0 Å². The van der Waals surface area contributed by atoms with Gasteiger partial charge in [-0.2, -0.15) is 5.10 Å². The van der Waals surface area contributed by atoms with Crippen molar-refractivity contribution in [2.24, 2.45) is 5.41 Å². The number of aryl methyl sites for hydroxylation is 1. The van der Waals surface area contributed by atoms with Gasteiger partial charge < -0.3 is 10.1 Å². The Labute approximate surface area is 104 Å². The number of nitrogens with zero attached hydrogens (tertiary/aromatic N) is 3. The summed E-state index contributed by atoms with van der Waals surface area (Å²) in [5.74, 6) is 0.843. The van der Waals surface area contributed by atoms with Gasteiger partial charge in [-0.25, -0.2) is 4.98 Å². The molecule has 0 spiro atoms. The molecule has 1 aromatic rings. The number of hydrogen-bond donors (Lipinski definition) is 1. The first kappa shape index (κ1) is 14.1. The minimum Gasteiger partial charge on any atom is -0.383 e. The molecule has 0 atom stereocenters. The highest BCUT2D eigenvalue weighted by Crippen LogP contribution is 2.18. The lowest BCUT2D eigenvalue weighted by Crippen LogP contribution is -2.19. The third-order valence-electron chi connectivity index (χ3n) is 2.44. The highest BCUT2D eigenvalue weighted by atomic mass is 16.5. The van der Waals surface area contributed by atoms with E-state index < -0.39 is 0 Å². The maximum absolute atomic E-state index is 4.95. The Kier molecular flexibility index (Phi) is 5.58. The van der Waals surface area contributed by atoms with E-state index in [0.717, 1.165) is 25.3 Å². The number of hydrogen-bond acceptors (Lipinski definition) is 4. The molecule has 0 aliphatic heterocycles. The molecule has 0 saturated heterocycles. The molecule has 5 heteroatoms. The van der Waals surface area contributed by atoms with Gasteiger partial charge in [-0.15, -0.1) is 0 Å². The molecule has 1 aromatic heterocycles. The largest absolute Gasteiger partial charge is 0.383 e. The van der Waals surface area contributed by atoms with Gasteiger partial charge in [-0.05, 0) is 11.8 Å². The summed E-state index contributed by atoms with van der Waals surface area (Å²) in [4.78, 5) is 4.26. The monoisotopic (exact) mass is 240 g/mol. The van der Waals surface area contributed by atoms with Gasteiger partial charge in [0.15, 0.2) is 5.82 Å². The predicted molar refractivity (Wildman–Crippen MR) is 67.7 cm³/mol. The molecule has 1 heterocycles. The van der Waals surface area contributed by atoms with Crippen LogP contribution in [0.5, 0.6) is 0 Å². The molecule has 0 amide bonds. The minimum atomic E-state index is 0.336. The molecule has 1 N–H and O–H groups in total. The van der Waals surface area contributed by atoms with Crippen LogP contribution in [0.15, 0.2) is 6.33 Å². The number of rotatable bonds is 7. The van der Waals surface area contributed by atoms with Crippen LogP contribution in [0.25, 0.3) is 0 Å². The van der Waals surface area contributed by atoms with Crippen LogP contribution in [-0.2, 0) is 17.8 Å². The Morgan fingerprint density at radius 1 is 1.41 bits per heavy atom. The van der Waals surface area contributed by atoms with Crippen LogP contribution >= 0.6 is 0 Å². The molecule has 17 heavy (non-hydrogen) atoms. The zero-order chi connectivity index (χ0) is 12.7. The van der Waals surface area contributed by atoms with Gasteiger partial charge in [0.1, 0.15) is 6.33 Å². The van der Waals surface area contributed by atoms with E-state index in [4.69, 9.17) is 4.74 Å². The Bertz CT molecular complexity index is 317. The highest BCUT2D eigenvalue weighted by Gasteiger charge is 2.10. The van der Waals surface area contributed by atoms with Crippen molar-refractivity contribution >= 4 is 0 Å². The van der Waals surface area contributed by atoms with Gasteiger partial charge in [0.05, 0.1) is 13.2 Å².